The van der Waals surface area contributed by atoms with Crippen LogP contribution in [-0.4, -0.2) is 0 Å². The van der Waals surface area contributed by atoms with Gasteiger partial charge in [0.2, 0.25) is 0 Å². The molecule has 0 fully saturated rings. The Balaban J connectivity index is 2.01. The maximum atomic E-state index is 3.44. The Hall–Kier alpha value is -2.78. The lowest BCUT2D eigenvalue weighted by molar-refractivity contribution is 1.06. The summed E-state index contributed by atoms with van der Waals surface area (Å²) in [7, 11) is 0. The van der Waals surface area contributed by atoms with Crippen molar-refractivity contribution in [2.45, 2.75) is 12.8 Å². The van der Waals surface area contributed by atoms with Crippen LogP contribution in [0.25, 0.3) is 0 Å². The number of hydrogen-bond donors (Lipinski definition) is 0. The number of hydrogen-bond acceptors (Lipinski definition) is 0. The molecule has 3 aromatic carbocycles. The van der Waals surface area contributed by atoms with Crippen LogP contribution in [-0.2, 0) is 0 Å². The van der Waals surface area contributed by atoms with Crippen molar-refractivity contribution in [2.75, 3.05) is 0 Å². The van der Waals surface area contributed by atoms with Crippen LogP contribution in [0.2, 0.25) is 0 Å². The second-order valence-corrected chi connectivity index (χ2v) is 5.39. The first kappa shape index (κ1) is 14.2. The van der Waals surface area contributed by atoms with Gasteiger partial charge < -0.3 is 0 Å². The molecule has 0 heterocycles. The Bertz CT molecular complexity index is 772. The molecule has 0 amide bonds. The van der Waals surface area contributed by atoms with E-state index >= 15 is 0 Å². The summed E-state index contributed by atoms with van der Waals surface area (Å²) in [6.07, 6.45) is 0. The molecule has 0 saturated heterocycles. The molecule has 0 aliphatic rings. The molecule has 22 heavy (non-hydrogen) atoms. The Morgan fingerprint density at radius 2 is 1.18 bits per heavy atom. The maximum absolute atomic E-state index is 3.44. The van der Waals surface area contributed by atoms with Gasteiger partial charge in [-0.2, -0.15) is 0 Å². The highest BCUT2D eigenvalue weighted by Crippen LogP contribution is 2.24. The van der Waals surface area contributed by atoms with Crippen LogP contribution in [0.4, 0.5) is 0 Å². The molecular weight excluding hydrogens is 264 g/mol. The molecule has 106 valence electrons. The van der Waals surface area contributed by atoms with Crippen molar-refractivity contribution >= 4 is 0 Å². The summed E-state index contributed by atoms with van der Waals surface area (Å²) in [6, 6.07) is 29.3. The molecule has 0 aromatic heterocycles. The molecule has 0 saturated carbocycles. The topological polar surface area (TPSA) is 0 Å². The quantitative estimate of drug-likeness (QED) is 0.568. The summed E-state index contributed by atoms with van der Waals surface area (Å²) < 4.78 is 0. The fourth-order valence-corrected chi connectivity index (χ4v) is 2.44. The summed E-state index contributed by atoms with van der Waals surface area (Å²) in [6.45, 7) is 2.11. The van der Waals surface area contributed by atoms with Crippen molar-refractivity contribution in [3.05, 3.63) is 107 Å². The van der Waals surface area contributed by atoms with E-state index in [0.29, 0.717) is 0 Å². The Morgan fingerprint density at radius 3 is 1.82 bits per heavy atom. The van der Waals surface area contributed by atoms with E-state index in [2.05, 4.69) is 67.3 Å². The molecule has 1 unspecified atom stereocenters. The minimum atomic E-state index is 0.0991. The zero-order valence-electron chi connectivity index (χ0n) is 12.7. The van der Waals surface area contributed by atoms with E-state index in [1.54, 1.807) is 0 Å². The Labute approximate surface area is 132 Å². The van der Waals surface area contributed by atoms with Crippen LogP contribution >= 0.6 is 0 Å². The largest absolute Gasteiger partial charge is 0.0848 e. The molecule has 0 N–H and O–H groups in total. The lowest BCUT2D eigenvalue weighted by atomic mass is 9.91. The van der Waals surface area contributed by atoms with E-state index in [1.807, 2.05) is 36.4 Å². The SMILES string of the molecule is Cc1ccc(C(C#Cc2ccccc2)c2ccccc2)cc1. The minimum absolute atomic E-state index is 0.0991. The summed E-state index contributed by atoms with van der Waals surface area (Å²) in [5, 5.41) is 0. The normalized spacial score (nSPS) is 11.3. The summed E-state index contributed by atoms with van der Waals surface area (Å²) in [5.41, 5.74) is 4.79. The fraction of sp³-hybridized carbons (Fsp3) is 0.0909. The molecule has 0 spiro atoms. The summed E-state index contributed by atoms with van der Waals surface area (Å²) >= 11 is 0. The molecule has 0 aliphatic carbocycles. The highest BCUT2D eigenvalue weighted by molar-refractivity contribution is 5.44. The third-order valence-electron chi connectivity index (χ3n) is 3.68. The molecule has 3 aromatic rings. The van der Waals surface area contributed by atoms with E-state index in [4.69, 9.17) is 0 Å². The average molecular weight is 282 g/mol. The third-order valence-corrected chi connectivity index (χ3v) is 3.68. The van der Waals surface area contributed by atoms with Gasteiger partial charge in [0.15, 0.2) is 0 Å². The fourth-order valence-electron chi connectivity index (χ4n) is 2.44. The van der Waals surface area contributed by atoms with E-state index in [9.17, 15) is 0 Å². The van der Waals surface area contributed by atoms with Crippen LogP contribution in [0.1, 0.15) is 28.2 Å². The van der Waals surface area contributed by atoms with E-state index < -0.39 is 0 Å². The van der Waals surface area contributed by atoms with Gasteiger partial charge in [0.05, 0.1) is 5.92 Å². The molecule has 0 bridgehead atoms. The highest BCUT2D eigenvalue weighted by Gasteiger charge is 2.10. The van der Waals surface area contributed by atoms with Gasteiger partial charge >= 0.3 is 0 Å². The lowest BCUT2D eigenvalue weighted by Gasteiger charge is -2.12. The van der Waals surface area contributed by atoms with Crippen molar-refractivity contribution in [1.82, 2.24) is 0 Å². The minimum Gasteiger partial charge on any atom is -0.0848 e. The molecule has 0 radical (unpaired) electrons. The predicted octanol–water partition coefficient (Wildman–Crippen LogP) is 5.18. The lowest BCUT2D eigenvalue weighted by Crippen LogP contribution is -1.98. The van der Waals surface area contributed by atoms with Crippen molar-refractivity contribution in [3.63, 3.8) is 0 Å². The maximum Gasteiger partial charge on any atom is 0.0705 e. The van der Waals surface area contributed by atoms with Gasteiger partial charge in [-0.15, -0.1) is 0 Å². The first-order valence-electron chi connectivity index (χ1n) is 7.51. The van der Waals surface area contributed by atoms with E-state index in [-0.39, 0.29) is 5.92 Å². The number of rotatable bonds is 2. The van der Waals surface area contributed by atoms with Gasteiger partial charge in [-0.05, 0) is 30.2 Å². The Kier molecular flexibility index (Phi) is 4.37. The first-order chi connectivity index (χ1) is 10.8. The van der Waals surface area contributed by atoms with Crippen LogP contribution in [0, 0.1) is 18.8 Å². The van der Waals surface area contributed by atoms with E-state index in [1.165, 1.54) is 16.7 Å². The van der Waals surface area contributed by atoms with E-state index in [0.717, 1.165) is 5.56 Å². The third kappa shape index (κ3) is 3.45. The molecule has 1 atom stereocenters. The summed E-state index contributed by atoms with van der Waals surface area (Å²) in [4.78, 5) is 0. The van der Waals surface area contributed by atoms with Crippen LogP contribution in [0.3, 0.4) is 0 Å². The van der Waals surface area contributed by atoms with Crippen molar-refractivity contribution in [1.29, 1.82) is 0 Å². The van der Waals surface area contributed by atoms with Gasteiger partial charge in [0.25, 0.3) is 0 Å². The molecule has 3 rings (SSSR count). The smallest absolute Gasteiger partial charge is 0.0705 e. The summed E-state index contributed by atoms with van der Waals surface area (Å²) in [5.74, 6) is 6.84. The van der Waals surface area contributed by atoms with Crippen molar-refractivity contribution in [3.8, 4) is 11.8 Å². The zero-order chi connectivity index (χ0) is 15.2. The van der Waals surface area contributed by atoms with Gasteiger partial charge in [0.1, 0.15) is 0 Å². The number of aryl methyl sites for hydroxylation is 1. The first-order valence-corrected chi connectivity index (χ1v) is 7.51. The van der Waals surface area contributed by atoms with Crippen LogP contribution in [0.5, 0.6) is 0 Å². The molecule has 0 aliphatic heterocycles. The van der Waals surface area contributed by atoms with Crippen molar-refractivity contribution in [2.24, 2.45) is 0 Å². The molecule has 0 nitrogen and oxygen atoms in total. The second kappa shape index (κ2) is 6.78. The van der Waals surface area contributed by atoms with Gasteiger partial charge in [-0.3, -0.25) is 0 Å². The highest BCUT2D eigenvalue weighted by atomic mass is 14.1. The predicted molar refractivity (Wildman–Crippen MR) is 92.8 cm³/mol. The standard InChI is InChI=1S/C22H18/c1-18-12-15-21(16-13-18)22(20-10-6-3-7-11-20)17-14-19-8-4-2-5-9-19/h2-13,15-16,22H,1H3. The number of benzene rings is 3. The zero-order valence-corrected chi connectivity index (χ0v) is 12.7. The Morgan fingerprint density at radius 1 is 0.636 bits per heavy atom. The second-order valence-electron chi connectivity index (χ2n) is 5.39. The van der Waals surface area contributed by atoms with Crippen LogP contribution < -0.4 is 0 Å². The monoisotopic (exact) mass is 282 g/mol. The van der Waals surface area contributed by atoms with Gasteiger partial charge in [-0.1, -0.05) is 90.2 Å². The average Bonchev–Trinajstić information content (AvgIpc) is 2.58. The van der Waals surface area contributed by atoms with Crippen molar-refractivity contribution < 1.29 is 0 Å². The molecule has 0 heteroatoms. The van der Waals surface area contributed by atoms with Crippen LogP contribution in [0.15, 0.2) is 84.9 Å². The van der Waals surface area contributed by atoms with Gasteiger partial charge in [0, 0.05) is 5.56 Å². The molecular formula is C22H18. The van der Waals surface area contributed by atoms with Gasteiger partial charge in [-0.25, -0.2) is 0 Å².